The molecule has 1 aromatic heterocycles. The summed E-state index contributed by atoms with van der Waals surface area (Å²) in [5, 5.41) is -0.427. The lowest BCUT2D eigenvalue weighted by Gasteiger charge is -2.31. The molecule has 134 valence electrons. The Bertz CT molecular complexity index is 697. The quantitative estimate of drug-likeness (QED) is 0.724. The molecule has 25 heavy (non-hydrogen) atoms. The van der Waals surface area contributed by atoms with Gasteiger partial charge in [0.1, 0.15) is 12.3 Å². The molecule has 0 atom stereocenters. The van der Waals surface area contributed by atoms with Crippen molar-refractivity contribution in [2.75, 3.05) is 6.54 Å². The normalized spacial score (nSPS) is 16.9. The summed E-state index contributed by atoms with van der Waals surface area (Å²) in [4.78, 5) is 39.9. The van der Waals surface area contributed by atoms with Gasteiger partial charge in [-0.25, -0.2) is 0 Å². The predicted octanol–water partition coefficient (Wildman–Crippen LogP) is 3.52. The van der Waals surface area contributed by atoms with Gasteiger partial charge in [-0.1, -0.05) is 6.08 Å². The second kappa shape index (κ2) is 8.20. The van der Waals surface area contributed by atoms with Crippen LogP contribution in [0.4, 0.5) is 4.79 Å². The van der Waals surface area contributed by atoms with Crippen LogP contribution in [0, 0.1) is 0 Å². The van der Waals surface area contributed by atoms with Crippen molar-refractivity contribution in [3.63, 3.8) is 0 Å². The molecule has 2 heterocycles. The van der Waals surface area contributed by atoms with E-state index in [9.17, 15) is 14.4 Å². The molecule has 1 aliphatic heterocycles. The number of carbonyl (C=O) groups excluding carboxylic acids is 3. The lowest BCUT2D eigenvalue weighted by Crippen LogP contribution is -2.48. The molecule has 0 radical (unpaired) electrons. The van der Waals surface area contributed by atoms with Crippen molar-refractivity contribution < 1.29 is 18.8 Å². The number of amides is 3. The zero-order valence-electron chi connectivity index (χ0n) is 14.8. The highest BCUT2D eigenvalue weighted by Gasteiger charge is 2.37. The van der Waals surface area contributed by atoms with Crippen molar-refractivity contribution >= 4 is 34.9 Å². The summed E-state index contributed by atoms with van der Waals surface area (Å²) in [5.74, 6) is -0.0326. The van der Waals surface area contributed by atoms with E-state index in [-0.39, 0.29) is 24.5 Å². The number of nitrogens with zero attached hydrogens (tertiary/aromatic N) is 2. The summed E-state index contributed by atoms with van der Waals surface area (Å²) >= 11 is 0.835. The van der Waals surface area contributed by atoms with E-state index in [2.05, 4.69) is 0 Å². The Morgan fingerprint density at radius 2 is 1.96 bits per heavy atom. The van der Waals surface area contributed by atoms with Crippen molar-refractivity contribution in [2.45, 2.75) is 39.8 Å². The molecule has 7 heteroatoms. The number of carbonyl (C=O) groups is 3. The zero-order chi connectivity index (χ0) is 18.6. The van der Waals surface area contributed by atoms with Gasteiger partial charge in [0.15, 0.2) is 0 Å². The minimum Gasteiger partial charge on any atom is -0.465 e. The van der Waals surface area contributed by atoms with E-state index in [4.69, 9.17) is 4.42 Å². The summed E-state index contributed by atoms with van der Waals surface area (Å²) in [6, 6.07) is 3.54. The maximum Gasteiger partial charge on any atom is 0.294 e. The predicted molar refractivity (Wildman–Crippen MR) is 97.6 cm³/mol. The number of rotatable bonds is 6. The van der Waals surface area contributed by atoms with Crippen LogP contribution in [0.5, 0.6) is 0 Å². The van der Waals surface area contributed by atoms with Gasteiger partial charge in [-0.05, 0) is 63.7 Å². The Balaban J connectivity index is 2.06. The van der Waals surface area contributed by atoms with Crippen molar-refractivity contribution in [1.82, 2.24) is 9.80 Å². The van der Waals surface area contributed by atoms with Crippen molar-refractivity contribution in [3.8, 4) is 0 Å². The average molecular weight is 362 g/mol. The number of thioether (sulfide) groups is 1. The largest absolute Gasteiger partial charge is 0.465 e. The number of furan rings is 1. The Hall–Kier alpha value is -2.28. The van der Waals surface area contributed by atoms with Crippen LogP contribution < -0.4 is 0 Å². The third-order valence-electron chi connectivity index (χ3n) is 3.62. The molecule has 0 unspecified atom stereocenters. The van der Waals surface area contributed by atoms with E-state index in [0.717, 1.165) is 16.7 Å². The minimum atomic E-state index is -0.445. The van der Waals surface area contributed by atoms with Crippen LogP contribution in [-0.4, -0.2) is 45.5 Å². The lowest BCUT2D eigenvalue weighted by molar-refractivity contribution is -0.138. The van der Waals surface area contributed by atoms with Gasteiger partial charge in [-0.3, -0.25) is 19.3 Å². The summed E-state index contributed by atoms with van der Waals surface area (Å²) in [6.07, 6.45) is 6.44. The SMILES string of the molecule is CC(C)N(C(=O)CN1C(=O)S/C(=C\C=C\c2ccco2)C1=O)C(C)C. The van der Waals surface area contributed by atoms with Crippen molar-refractivity contribution in [2.24, 2.45) is 0 Å². The standard InChI is InChI=1S/C18H22N2O4S/c1-12(2)20(13(3)4)16(21)11-19-17(22)15(25-18(19)23)9-5-7-14-8-6-10-24-14/h5-10,12-13H,11H2,1-4H3/b7-5+,15-9-. The molecule has 0 spiro atoms. The molecule has 0 aliphatic carbocycles. The van der Waals surface area contributed by atoms with Crippen LogP contribution in [0.15, 0.2) is 39.9 Å². The summed E-state index contributed by atoms with van der Waals surface area (Å²) in [5.41, 5.74) is 0. The Labute approximate surface area is 151 Å². The first-order chi connectivity index (χ1) is 11.8. The fourth-order valence-corrected chi connectivity index (χ4v) is 3.45. The third-order valence-corrected chi connectivity index (χ3v) is 4.54. The molecule has 0 aromatic carbocycles. The fourth-order valence-electron chi connectivity index (χ4n) is 2.66. The molecule has 3 amide bonds. The second-order valence-corrected chi connectivity index (χ2v) is 7.15. The van der Waals surface area contributed by atoms with Crippen LogP contribution in [0.2, 0.25) is 0 Å². The van der Waals surface area contributed by atoms with Crippen LogP contribution in [0.3, 0.4) is 0 Å². The van der Waals surface area contributed by atoms with E-state index >= 15 is 0 Å². The van der Waals surface area contributed by atoms with Gasteiger partial charge >= 0.3 is 0 Å². The lowest BCUT2D eigenvalue weighted by atomic mass is 10.2. The Morgan fingerprint density at radius 1 is 1.28 bits per heavy atom. The average Bonchev–Trinajstić information content (AvgIpc) is 3.11. The molecule has 1 saturated heterocycles. The van der Waals surface area contributed by atoms with E-state index < -0.39 is 11.1 Å². The molecular weight excluding hydrogens is 340 g/mol. The van der Waals surface area contributed by atoms with Crippen molar-refractivity contribution in [3.05, 3.63) is 41.2 Å². The van der Waals surface area contributed by atoms with Crippen LogP contribution in [0.25, 0.3) is 6.08 Å². The van der Waals surface area contributed by atoms with E-state index in [1.807, 2.05) is 27.7 Å². The fraction of sp³-hybridized carbons (Fsp3) is 0.389. The van der Waals surface area contributed by atoms with Gasteiger partial charge in [-0.15, -0.1) is 0 Å². The maximum absolute atomic E-state index is 12.5. The number of hydrogen-bond acceptors (Lipinski definition) is 5. The molecule has 1 fully saturated rings. The van der Waals surface area contributed by atoms with Crippen LogP contribution in [-0.2, 0) is 9.59 Å². The van der Waals surface area contributed by atoms with Crippen LogP contribution in [0.1, 0.15) is 33.5 Å². The van der Waals surface area contributed by atoms with Gasteiger partial charge in [0.2, 0.25) is 5.91 Å². The highest BCUT2D eigenvalue weighted by molar-refractivity contribution is 8.18. The van der Waals surface area contributed by atoms with Gasteiger partial charge in [0, 0.05) is 12.1 Å². The molecule has 6 nitrogen and oxygen atoms in total. The monoisotopic (exact) mass is 362 g/mol. The molecule has 0 saturated carbocycles. The number of imide groups is 1. The minimum absolute atomic E-state index is 0.000739. The molecule has 1 aromatic rings. The number of allylic oxidation sites excluding steroid dienone is 2. The van der Waals surface area contributed by atoms with E-state index in [1.54, 1.807) is 41.5 Å². The summed E-state index contributed by atoms with van der Waals surface area (Å²) in [7, 11) is 0. The van der Waals surface area contributed by atoms with Gasteiger partial charge in [0.05, 0.1) is 11.2 Å². The molecule has 1 aliphatic rings. The topological polar surface area (TPSA) is 70.8 Å². The van der Waals surface area contributed by atoms with E-state index in [0.29, 0.717) is 10.7 Å². The maximum atomic E-state index is 12.5. The van der Waals surface area contributed by atoms with Gasteiger partial charge in [0.25, 0.3) is 11.1 Å². The second-order valence-electron chi connectivity index (χ2n) is 6.15. The zero-order valence-corrected chi connectivity index (χ0v) is 15.6. The highest BCUT2D eigenvalue weighted by atomic mass is 32.2. The summed E-state index contributed by atoms with van der Waals surface area (Å²) in [6.45, 7) is 7.40. The van der Waals surface area contributed by atoms with Crippen LogP contribution >= 0.6 is 11.8 Å². The first-order valence-electron chi connectivity index (χ1n) is 8.08. The molecule has 0 bridgehead atoms. The van der Waals surface area contributed by atoms with Gasteiger partial charge < -0.3 is 9.32 Å². The smallest absolute Gasteiger partial charge is 0.294 e. The van der Waals surface area contributed by atoms with Crippen molar-refractivity contribution in [1.29, 1.82) is 0 Å². The third kappa shape index (κ3) is 4.63. The summed E-state index contributed by atoms with van der Waals surface area (Å²) < 4.78 is 5.16. The first-order valence-corrected chi connectivity index (χ1v) is 8.89. The highest BCUT2D eigenvalue weighted by Crippen LogP contribution is 2.30. The van der Waals surface area contributed by atoms with E-state index in [1.165, 1.54) is 0 Å². The Kier molecular flexibility index (Phi) is 6.25. The first kappa shape index (κ1) is 19.1. The molecular formula is C18H22N2O4S. The molecule has 0 N–H and O–H groups in total. The number of hydrogen-bond donors (Lipinski definition) is 0. The molecule has 2 rings (SSSR count). The Morgan fingerprint density at radius 3 is 2.52 bits per heavy atom. The van der Waals surface area contributed by atoms with Gasteiger partial charge in [-0.2, -0.15) is 0 Å².